The molecular formula is C26H30N4O3. The fourth-order valence-electron chi connectivity index (χ4n) is 4.22. The molecule has 3 aromatic rings. The highest BCUT2D eigenvalue weighted by atomic mass is 16.5. The third kappa shape index (κ3) is 5.50. The summed E-state index contributed by atoms with van der Waals surface area (Å²) in [6, 6.07) is 16.0. The van der Waals surface area contributed by atoms with Gasteiger partial charge >= 0.3 is 5.97 Å². The second kappa shape index (κ2) is 10.5. The number of benzene rings is 2. The Morgan fingerprint density at radius 3 is 2.48 bits per heavy atom. The molecule has 172 valence electrons. The quantitative estimate of drug-likeness (QED) is 0.543. The average molecular weight is 447 g/mol. The van der Waals surface area contributed by atoms with E-state index >= 15 is 0 Å². The van der Waals surface area contributed by atoms with Crippen molar-refractivity contribution in [3.63, 3.8) is 0 Å². The lowest BCUT2D eigenvalue weighted by Gasteiger charge is -2.33. The Hall–Kier alpha value is -3.42. The minimum atomic E-state index is -0.502. The first-order valence-corrected chi connectivity index (χ1v) is 11.2. The molecule has 1 fully saturated rings. The van der Waals surface area contributed by atoms with Crippen molar-refractivity contribution in [2.75, 3.05) is 51.7 Å². The van der Waals surface area contributed by atoms with Crippen molar-refractivity contribution in [2.24, 2.45) is 0 Å². The number of nitrogens with one attached hydrogen (secondary N) is 2. The first kappa shape index (κ1) is 22.8. The summed E-state index contributed by atoms with van der Waals surface area (Å²) in [6.07, 6.45) is 4.33. The number of hydrogen-bond acceptors (Lipinski definition) is 5. The van der Waals surface area contributed by atoms with E-state index in [4.69, 9.17) is 4.74 Å². The predicted molar refractivity (Wildman–Crippen MR) is 131 cm³/mol. The minimum absolute atomic E-state index is 0.137. The molecule has 7 nitrogen and oxygen atoms in total. The molecule has 0 spiro atoms. The Labute approximate surface area is 194 Å². The van der Waals surface area contributed by atoms with E-state index < -0.39 is 5.97 Å². The molecule has 0 bridgehead atoms. The van der Waals surface area contributed by atoms with Gasteiger partial charge in [0, 0.05) is 43.6 Å². The highest BCUT2D eigenvalue weighted by Gasteiger charge is 2.23. The zero-order valence-electron chi connectivity index (χ0n) is 19.1. The van der Waals surface area contributed by atoms with E-state index in [1.165, 1.54) is 12.7 Å². The number of anilines is 1. The zero-order chi connectivity index (χ0) is 23.2. The predicted octanol–water partition coefficient (Wildman–Crippen LogP) is 3.53. The van der Waals surface area contributed by atoms with Crippen LogP contribution in [0.5, 0.6) is 0 Å². The van der Waals surface area contributed by atoms with Crippen LogP contribution in [0.3, 0.4) is 0 Å². The molecule has 0 radical (unpaired) electrons. The molecule has 1 aliphatic heterocycles. The van der Waals surface area contributed by atoms with Crippen LogP contribution >= 0.6 is 0 Å². The first-order valence-electron chi connectivity index (χ1n) is 11.2. The Morgan fingerprint density at radius 1 is 1.03 bits per heavy atom. The van der Waals surface area contributed by atoms with Crippen LogP contribution in [0, 0.1) is 6.92 Å². The molecule has 1 aliphatic rings. The lowest BCUT2D eigenvalue weighted by molar-refractivity contribution is -0.117. The topological polar surface area (TPSA) is 77.7 Å². The summed E-state index contributed by atoms with van der Waals surface area (Å²) < 4.78 is 4.91. The number of carbonyl (C=O) groups excluding carboxylic acids is 2. The number of rotatable bonds is 7. The van der Waals surface area contributed by atoms with Gasteiger partial charge in [0.1, 0.15) is 5.69 Å². The van der Waals surface area contributed by atoms with Crippen LogP contribution in [0.15, 0.2) is 54.6 Å². The van der Waals surface area contributed by atoms with Gasteiger partial charge in [0.25, 0.3) is 0 Å². The van der Waals surface area contributed by atoms with Gasteiger partial charge in [-0.2, -0.15) is 0 Å². The molecule has 2 N–H and O–H groups in total. The molecule has 2 heterocycles. The van der Waals surface area contributed by atoms with Gasteiger partial charge in [-0.05, 0) is 24.1 Å². The van der Waals surface area contributed by atoms with Gasteiger partial charge in [0.2, 0.25) is 5.91 Å². The van der Waals surface area contributed by atoms with Gasteiger partial charge in [-0.25, -0.2) is 4.79 Å². The highest BCUT2D eigenvalue weighted by molar-refractivity contribution is 6.12. The molecule has 0 aliphatic carbocycles. The van der Waals surface area contributed by atoms with Crippen LogP contribution in [0.25, 0.3) is 17.0 Å². The maximum Gasteiger partial charge on any atom is 0.356 e. The smallest absolute Gasteiger partial charge is 0.356 e. The molecule has 1 aromatic heterocycles. The lowest BCUT2D eigenvalue weighted by Crippen LogP contribution is -2.48. The van der Waals surface area contributed by atoms with Crippen molar-refractivity contribution in [3.05, 3.63) is 71.4 Å². The number of aromatic nitrogens is 1. The van der Waals surface area contributed by atoms with Crippen molar-refractivity contribution < 1.29 is 14.3 Å². The zero-order valence-corrected chi connectivity index (χ0v) is 19.1. The number of aryl methyl sites for hydroxylation is 1. The molecule has 0 atom stereocenters. The molecule has 1 amide bonds. The van der Waals surface area contributed by atoms with E-state index in [-0.39, 0.29) is 18.1 Å². The normalized spacial score (nSPS) is 15.2. The lowest BCUT2D eigenvalue weighted by atomic mass is 10.1. The summed E-state index contributed by atoms with van der Waals surface area (Å²) in [5, 5.41) is 3.80. The third-order valence-corrected chi connectivity index (χ3v) is 5.99. The van der Waals surface area contributed by atoms with Crippen molar-refractivity contribution >= 4 is 34.5 Å². The number of amides is 1. The van der Waals surface area contributed by atoms with Crippen molar-refractivity contribution in [1.82, 2.24) is 14.8 Å². The van der Waals surface area contributed by atoms with Gasteiger partial charge in [-0.15, -0.1) is 0 Å². The molecule has 0 unspecified atom stereocenters. The van der Waals surface area contributed by atoms with E-state index in [9.17, 15) is 9.59 Å². The number of piperazine rings is 1. The van der Waals surface area contributed by atoms with E-state index in [1.807, 2.05) is 43.3 Å². The monoisotopic (exact) mass is 446 g/mol. The Morgan fingerprint density at radius 2 is 1.76 bits per heavy atom. The van der Waals surface area contributed by atoms with E-state index in [2.05, 4.69) is 44.4 Å². The SMILES string of the molecule is COC(=O)c1[nH]c2cccc(C)c2c1NC(=O)CN1CCN(CC=Cc2ccccc2)CC1. The Bertz CT molecular complexity index is 1150. The second-order valence-electron chi connectivity index (χ2n) is 8.30. The van der Waals surface area contributed by atoms with Crippen molar-refractivity contribution in [3.8, 4) is 0 Å². The second-order valence-corrected chi connectivity index (χ2v) is 8.30. The molecule has 4 rings (SSSR count). The number of fused-ring (bicyclic) bond motifs is 1. The maximum atomic E-state index is 12.9. The van der Waals surface area contributed by atoms with Gasteiger partial charge in [-0.1, -0.05) is 54.6 Å². The number of ether oxygens (including phenoxy) is 1. The molecular weight excluding hydrogens is 416 g/mol. The van der Waals surface area contributed by atoms with Crippen LogP contribution in [0.4, 0.5) is 5.69 Å². The summed E-state index contributed by atoms with van der Waals surface area (Å²) >= 11 is 0. The van der Waals surface area contributed by atoms with E-state index in [0.717, 1.165) is 49.2 Å². The van der Waals surface area contributed by atoms with Gasteiger partial charge in [0.15, 0.2) is 0 Å². The number of H-pyrrole nitrogens is 1. The maximum absolute atomic E-state index is 12.9. The molecule has 33 heavy (non-hydrogen) atoms. The number of esters is 1. The minimum Gasteiger partial charge on any atom is -0.464 e. The number of carbonyl (C=O) groups is 2. The molecule has 1 saturated heterocycles. The van der Waals surface area contributed by atoms with Gasteiger partial charge < -0.3 is 15.0 Å². The summed E-state index contributed by atoms with van der Waals surface area (Å²) in [7, 11) is 1.33. The van der Waals surface area contributed by atoms with Crippen LogP contribution in [0.1, 0.15) is 21.6 Å². The molecule has 0 saturated carbocycles. The molecule has 2 aromatic carbocycles. The summed E-state index contributed by atoms with van der Waals surface area (Å²) in [5.74, 6) is -0.639. The Balaban J connectivity index is 1.33. The highest BCUT2D eigenvalue weighted by Crippen LogP contribution is 2.31. The van der Waals surface area contributed by atoms with Crippen molar-refractivity contribution in [1.29, 1.82) is 0 Å². The Kier molecular flexibility index (Phi) is 7.22. The summed E-state index contributed by atoms with van der Waals surface area (Å²) in [4.78, 5) is 32.7. The van der Waals surface area contributed by atoms with Crippen LogP contribution in [0.2, 0.25) is 0 Å². The average Bonchev–Trinajstić information content (AvgIpc) is 3.20. The van der Waals surface area contributed by atoms with E-state index in [1.54, 1.807) is 0 Å². The number of aromatic amines is 1. The largest absolute Gasteiger partial charge is 0.464 e. The fourth-order valence-corrected chi connectivity index (χ4v) is 4.22. The number of nitrogens with zero attached hydrogens (tertiary/aromatic N) is 2. The standard InChI is InChI=1S/C26H30N4O3/c1-19-8-6-12-21-23(19)24(25(27-21)26(32)33-2)28-22(31)18-30-16-14-29(15-17-30)13-7-11-20-9-4-3-5-10-20/h3-12,27H,13-18H2,1-2H3,(H,28,31). The summed E-state index contributed by atoms with van der Waals surface area (Å²) in [6.45, 7) is 6.60. The number of hydrogen-bond donors (Lipinski definition) is 2. The van der Waals surface area contributed by atoms with Gasteiger partial charge in [0.05, 0.1) is 19.3 Å². The van der Waals surface area contributed by atoms with Crippen LogP contribution < -0.4 is 5.32 Å². The first-order chi connectivity index (χ1) is 16.0. The summed E-state index contributed by atoms with van der Waals surface area (Å²) in [5.41, 5.74) is 3.73. The van der Waals surface area contributed by atoms with Gasteiger partial charge in [-0.3, -0.25) is 14.6 Å². The van der Waals surface area contributed by atoms with Crippen LogP contribution in [-0.4, -0.2) is 73.0 Å². The third-order valence-electron chi connectivity index (χ3n) is 5.99. The molecule has 7 heteroatoms. The van der Waals surface area contributed by atoms with Crippen molar-refractivity contribution in [2.45, 2.75) is 6.92 Å². The van der Waals surface area contributed by atoms with Crippen LogP contribution in [-0.2, 0) is 9.53 Å². The number of methoxy groups -OCH3 is 1. The van der Waals surface area contributed by atoms with E-state index in [0.29, 0.717) is 5.69 Å². The fraction of sp³-hybridized carbons (Fsp3) is 0.308.